The number of phosphoric acid groups is 1. The molecule has 7 heteroatoms. The number of unbranched alkanes of at least 4 members (excludes halogenated alkanes) is 1. The summed E-state index contributed by atoms with van der Waals surface area (Å²) in [5.74, 6) is -0.217. The van der Waals surface area contributed by atoms with Crippen LogP contribution in [0, 0.1) is 0 Å². The molecule has 0 atom stereocenters. The average Bonchev–Trinajstić information content (AvgIpc) is 2.08. The fourth-order valence-corrected chi connectivity index (χ4v) is 1.13. The zero-order valence-electron chi connectivity index (χ0n) is 8.60. The topological polar surface area (TPSA) is 95.9 Å². The molecule has 0 aromatic rings. The van der Waals surface area contributed by atoms with Gasteiger partial charge in [-0.2, -0.15) is 0 Å². The number of carbonyl (C=O) groups is 1. The summed E-state index contributed by atoms with van der Waals surface area (Å²) in [5, 5.41) is 2.59. The van der Waals surface area contributed by atoms with E-state index >= 15 is 0 Å². The first-order valence-corrected chi connectivity index (χ1v) is 6.00. The van der Waals surface area contributed by atoms with Gasteiger partial charge in [-0.15, -0.1) is 0 Å². The van der Waals surface area contributed by atoms with Crippen LogP contribution in [0.5, 0.6) is 0 Å². The molecule has 15 heavy (non-hydrogen) atoms. The second-order valence-electron chi connectivity index (χ2n) is 3.07. The van der Waals surface area contributed by atoms with Crippen LogP contribution in [0.1, 0.15) is 19.8 Å². The third-order valence-corrected chi connectivity index (χ3v) is 2.02. The lowest BCUT2D eigenvalue weighted by Gasteiger charge is -2.06. The third-order valence-electron chi connectivity index (χ3n) is 1.50. The smallest absolute Gasteiger partial charge is 0.352 e. The van der Waals surface area contributed by atoms with Gasteiger partial charge in [0.05, 0.1) is 6.61 Å². The molecule has 6 nitrogen and oxygen atoms in total. The van der Waals surface area contributed by atoms with Gasteiger partial charge < -0.3 is 15.1 Å². The first-order valence-electron chi connectivity index (χ1n) is 4.47. The molecule has 0 aromatic carbocycles. The van der Waals surface area contributed by atoms with Crippen molar-refractivity contribution in [3.05, 3.63) is 12.2 Å². The Balaban J connectivity index is 3.37. The monoisotopic (exact) mass is 237 g/mol. The Kier molecular flexibility index (Phi) is 6.43. The Morgan fingerprint density at radius 2 is 2.07 bits per heavy atom. The zero-order chi connectivity index (χ0) is 11.9. The van der Waals surface area contributed by atoms with Crippen molar-refractivity contribution in [2.45, 2.75) is 19.8 Å². The summed E-state index contributed by atoms with van der Waals surface area (Å²) in [6.07, 6.45) is 1.07. The van der Waals surface area contributed by atoms with E-state index in [9.17, 15) is 9.36 Å². The predicted octanol–water partition coefficient (Wildman–Crippen LogP) is 0.568. The Labute approximate surface area is 88.6 Å². The maximum atomic E-state index is 11.0. The first-order chi connectivity index (χ1) is 6.83. The lowest BCUT2D eigenvalue weighted by molar-refractivity contribution is -0.117. The third kappa shape index (κ3) is 9.62. The maximum absolute atomic E-state index is 11.0. The van der Waals surface area contributed by atoms with E-state index in [-0.39, 0.29) is 12.5 Å². The molecule has 0 bridgehead atoms. The molecule has 0 saturated heterocycles. The molecule has 0 fully saturated rings. The van der Waals surface area contributed by atoms with Gasteiger partial charge in [0.2, 0.25) is 5.91 Å². The van der Waals surface area contributed by atoms with E-state index in [4.69, 9.17) is 9.79 Å². The summed E-state index contributed by atoms with van der Waals surface area (Å²) in [4.78, 5) is 27.7. The van der Waals surface area contributed by atoms with Gasteiger partial charge in [-0.05, 0) is 19.8 Å². The second kappa shape index (κ2) is 6.74. The van der Waals surface area contributed by atoms with E-state index in [1.54, 1.807) is 6.92 Å². The number of nitrogens with one attached hydrogen (secondary N) is 1. The van der Waals surface area contributed by atoms with Gasteiger partial charge in [-0.1, -0.05) is 6.58 Å². The molecule has 0 aliphatic carbocycles. The second-order valence-corrected chi connectivity index (χ2v) is 4.31. The first kappa shape index (κ1) is 14.3. The fourth-order valence-electron chi connectivity index (χ4n) is 0.763. The van der Waals surface area contributed by atoms with Crippen LogP contribution in [0.15, 0.2) is 12.2 Å². The van der Waals surface area contributed by atoms with Crippen LogP contribution >= 0.6 is 7.82 Å². The molecule has 0 aromatic heterocycles. The SMILES string of the molecule is C=C(C)C(=O)NCCCCOP(=O)(O)O. The minimum Gasteiger partial charge on any atom is -0.352 e. The fraction of sp³-hybridized carbons (Fsp3) is 0.625. The molecule has 1 amide bonds. The molecule has 0 radical (unpaired) electrons. The highest BCUT2D eigenvalue weighted by molar-refractivity contribution is 7.46. The lowest BCUT2D eigenvalue weighted by Crippen LogP contribution is -2.24. The average molecular weight is 237 g/mol. The molecular weight excluding hydrogens is 221 g/mol. The van der Waals surface area contributed by atoms with Crippen LogP contribution in [0.25, 0.3) is 0 Å². The van der Waals surface area contributed by atoms with Crippen LogP contribution in [0.2, 0.25) is 0 Å². The van der Waals surface area contributed by atoms with Crippen molar-refractivity contribution in [1.82, 2.24) is 5.32 Å². The molecule has 0 saturated carbocycles. The Bertz CT molecular complexity index is 272. The molecule has 3 N–H and O–H groups in total. The van der Waals surface area contributed by atoms with Crippen LogP contribution in [0.4, 0.5) is 0 Å². The highest BCUT2D eigenvalue weighted by atomic mass is 31.2. The molecule has 0 spiro atoms. The van der Waals surface area contributed by atoms with Gasteiger partial charge in [0, 0.05) is 12.1 Å². The highest BCUT2D eigenvalue weighted by Crippen LogP contribution is 2.35. The Morgan fingerprint density at radius 1 is 1.47 bits per heavy atom. The molecule has 88 valence electrons. The number of phosphoric ester groups is 1. The van der Waals surface area contributed by atoms with Crippen molar-refractivity contribution in [3.63, 3.8) is 0 Å². The number of amides is 1. The van der Waals surface area contributed by atoms with Crippen LogP contribution in [-0.2, 0) is 13.9 Å². The maximum Gasteiger partial charge on any atom is 0.469 e. The van der Waals surface area contributed by atoms with E-state index in [2.05, 4.69) is 16.4 Å². The van der Waals surface area contributed by atoms with Crippen molar-refractivity contribution < 1.29 is 23.7 Å². The largest absolute Gasteiger partial charge is 0.469 e. The molecule has 0 aliphatic heterocycles. The van der Waals surface area contributed by atoms with Gasteiger partial charge in [0.1, 0.15) is 0 Å². The van der Waals surface area contributed by atoms with Gasteiger partial charge >= 0.3 is 7.82 Å². The summed E-state index contributed by atoms with van der Waals surface area (Å²) in [6, 6.07) is 0. The molecule has 0 rings (SSSR count). The number of hydrogen-bond acceptors (Lipinski definition) is 3. The van der Waals surface area contributed by atoms with Gasteiger partial charge in [-0.3, -0.25) is 9.32 Å². The Morgan fingerprint density at radius 3 is 2.53 bits per heavy atom. The summed E-state index contributed by atoms with van der Waals surface area (Å²) >= 11 is 0. The van der Waals surface area contributed by atoms with E-state index in [1.165, 1.54) is 0 Å². The van der Waals surface area contributed by atoms with Crippen molar-refractivity contribution in [1.29, 1.82) is 0 Å². The summed E-state index contributed by atoms with van der Waals surface area (Å²) in [5.41, 5.74) is 0.432. The summed E-state index contributed by atoms with van der Waals surface area (Å²) in [7, 11) is -4.35. The molecular formula is C8H16NO5P. The number of carbonyl (C=O) groups excluding carboxylic acids is 1. The van der Waals surface area contributed by atoms with Crippen molar-refractivity contribution in [2.24, 2.45) is 0 Å². The van der Waals surface area contributed by atoms with Gasteiger partial charge in [0.15, 0.2) is 0 Å². The predicted molar refractivity (Wildman–Crippen MR) is 55.1 cm³/mol. The van der Waals surface area contributed by atoms with Crippen LogP contribution in [-0.4, -0.2) is 28.8 Å². The normalized spacial score (nSPS) is 11.1. The summed E-state index contributed by atoms with van der Waals surface area (Å²) in [6.45, 7) is 5.49. The molecule has 0 heterocycles. The lowest BCUT2D eigenvalue weighted by atomic mass is 10.3. The van der Waals surface area contributed by atoms with Gasteiger partial charge in [-0.25, -0.2) is 4.57 Å². The highest BCUT2D eigenvalue weighted by Gasteiger charge is 2.12. The van der Waals surface area contributed by atoms with Crippen molar-refractivity contribution >= 4 is 13.7 Å². The summed E-state index contributed by atoms with van der Waals surface area (Å²) < 4.78 is 14.5. The Hall–Kier alpha value is -0.680. The number of rotatable bonds is 7. The zero-order valence-corrected chi connectivity index (χ0v) is 9.50. The van der Waals surface area contributed by atoms with Gasteiger partial charge in [0.25, 0.3) is 0 Å². The van der Waals surface area contributed by atoms with Crippen molar-refractivity contribution in [2.75, 3.05) is 13.2 Å². The van der Waals surface area contributed by atoms with E-state index < -0.39 is 7.82 Å². The minimum absolute atomic E-state index is 0.0206. The molecule has 0 aliphatic rings. The minimum atomic E-state index is -4.35. The van der Waals surface area contributed by atoms with E-state index in [1.807, 2.05) is 0 Å². The number of hydrogen-bond donors (Lipinski definition) is 3. The van der Waals surface area contributed by atoms with E-state index in [0.29, 0.717) is 25.0 Å². The standard InChI is InChI=1S/C8H16NO5P/c1-7(2)8(10)9-5-3-4-6-14-15(11,12)13/h1,3-6H2,2H3,(H,9,10)(H2,11,12,13). The van der Waals surface area contributed by atoms with Crippen LogP contribution < -0.4 is 5.32 Å². The quantitative estimate of drug-likeness (QED) is 0.341. The molecule has 0 unspecified atom stereocenters. The van der Waals surface area contributed by atoms with E-state index in [0.717, 1.165) is 0 Å². The van der Waals surface area contributed by atoms with Crippen LogP contribution in [0.3, 0.4) is 0 Å². The van der Waals surface area contributed by atoms with Crippen molar-refractivity contribution in [3.8, 4) is 0 Å².